The van der Waals surface area contributed by atoms with Crippen molar-refractivity contribution in [3.8, 4) is 11.3 Å². The van der Waals surface area contributed by atoms with Gasteiger partial charge in [0, 0.05) is 48.7 Å². The van der Waals surface area contributed by atoms with E-state index in [9.17, 15) is 13.2 Å². The zero-order valence-electron chi connectivity index (χ0n) is 18.6. The van der Waals surface area contributed by atoms with E-state index >= 15 is 0 Å². The van der Waals surface area contributed by atoms with E-state index < -0.39 is 9.84 Å². The lowest BCUT2D eigenvalue weighted by atomic mass is 10.0. The second-order valence-corrected chi connectivity index (χ2v) is 10.5. The number of nitrogens with two attached hydrogens (primary N) is 1. The topological polar surface area (TPSA) is 119 Å². The second kappa shape index (κ2) is 9.66. The summed E-state index contributed by atoms with van der Waals surface area (Å²) in [6.45, 7) is 2.91. The first-order chi connectivity index (χ1) is 15.9. The van der Waals surface area contributed by atoms with Crippen LogP contribution in [0.4, 0.5) is 11.5 Å². The molecule has 1 fully saturated rings. The fourth-order valence-electron chi connectivity index (χ4n) is 3.95. The number of carbonyl (C=O) groups is 1. The fourth-order valence-corrected chi connectivity index (χ4v) is 5.15. The molecule has 0 atom stereocenters. The van der Waals surface area contributed by atoms with E-state index in [-0.39, 0.29) is 35.2 Å². The molecule has 1 aromatic carbocycles. The van der Waals surface area contributed by atoms with Gasteiger partial charge in [0.1, 0.15) is 5.69 Å². The number of ketones is 1. The third kappa shape index (κ3) is 5.36. The van der Waals surface area contributed by atoms with Crippen molar-refractivity contribution in [2.45, 2.75) is 26.2 Å². The minimum Gasteiger partial charge on any atom is -0.382 e. The van der Waals surface area contributed by atoms with Gasteiger partial charge in [0.25, 0.3) is 0 Å². The van der Waals surface area contributed by atoms with Crippen LogP contribution >= 0.6 is 0 Å². The van der Waals surface area contributed by atoms with Gasteiger partial charge in [0.15, 0.2) is 21.4 Å². The lowest BCUT2D eigenvalue weighted by Gasteiger charge is -2.30. The number of anilines is 2. The Balaban J connectivity index is 1.56. The first-order valence-corrected chi connectivity index (χ1v) is 12.8. The summed E-state index contributed by atoms with van der Waals surface area (Å²) in [6, 6.07) is 9.87. The van der Waals surface area contributed by atoms with Gasteiger partial charge in [-0.25, -0.2) is 18.4 Å². The minimum absolute atomic E-state index is 0.0458. The molecule has 3 aromatic rings. The van der Waals surface area contributed by atoms with Crippen LogP contribution in [0.2, 0.25) is 0 Å². The van der Waals surface area contributed by atoms with Crippen LogP contribution in [0.15, 0.2) is 48.9 Å². The Hall–Kier alpha value is -3.33. The number of benzene rings is 1. The molecule has 2 N–H and O–H groups in total. The normalized spacial score (nSPS) is 15.4. The molecule has 3 heterocycles. The van der Waals surface area contributed by atoms with Gasteiger partial charge in [-0.1, -0.05) is 37.6 Å². The van der Waals surface area contributed by atoms with Crippen molar-refractivity contribution in [2.75, 3.05) is 35.2 Å². The second-order valence-electron chi connectivity index (χ2n) is 8.18. The van der Waals surface area contributed by atoms with Gasteiger partial charge in [0.05, 0.1) is 23.4 Å². The molecule has 2 aromatic heterocycles. The lowest BCUT2D eigenvalue weighted by Crippen LogP contribution is -2.40. The van der Waals surface area contributed by atoms with E-state index in [2.05, 4.69) is 34.0 Å². The Kier molecular flexibility index (Phi) is 6.69. The highest BCUT2D eigenvalue weighted by molar-refractivity contribution is 7.91. The summed E-state index contributed by atoms with van der Waals surface area (Å²) in [5.41, 5.74) is 10.3. The number of nitrogen functional groups attached to an aromatic ring is 1. The molecule has 33 heavy (non-hydrogen) atoms. The lowest BCUT2D eigenvalue weighted by molar-refractivity contribution is 0.0989. The Morgan fingerprint density at radius 2 is 1.82 bits per heavy atom. The molecule has 0 aliphatic carbocycles. The Morgan fingerprint density at radius 3 is 2.52 bits per heavy atom. The molecule has 0 bridgehead atoms. The number of Topliss-reactive ketones (excluding diaryl/α,β-unsaturated/α-hetero) is 1. The summed E-state index contributed by atoms with van der Waals surface area (Å²) in [6.07, 6.45) is 6.98. The predicted octanol–water partition coefficient (Wildman–Crippen LogP) is 2.73. The van der Waals surface area contributed by atoms with E-state index in [1.54, 1.807) is 18.6 Å². The molecule has 0 saturated carbocycles. The van der Waals surface area contributed by atoms with Crippen molar-refractivity contribution in [1.29, 1.82) is 0 Å². The molecule has 0 spiro atoms. The van der Waals surface area contributed by atoms with Gasteiger partial charge >= 0.3 is 0 Å². The summed E-state index contributed by atoms with van der Waals surface area (Å²) >= 11 is 0. The average Bonchev–Trinajstić information content (AvgIpc) is 2.81. The Bertz CT molecular complexity index is 1250. The third-order valence-corrected chi connectivity index (χ3v) is 7.38. The highest BCUT2D eigenvalue weighted by Gasteiger charge is 2.24. The van der Waals surface area contributed by atoms with Crippen molar-refractivity contribution in [2.24, 2.45) is 0 Å². The van der Waals surface area contributed by atoms with Crippen LogP contribution in [0.25, 0.3) is 11.3 Å². The first kappa shape index (κ1) is 22.8. The van der Waals surface area contributed by atoms with Crippen molar-refractivity contribution >= 4 is 27.1 Å². The number of hydrogen-bond acceptors (Lipinski definition) is 8. The molecule has 8 nitrogen and oxygen atoms in total. The van der Waals surface area contributed by atoms with Gasteiger partial charge < -0.3 is 10.6 Å². The van der Waals surface area contributed by atoms with E-state index in [1.165, 1.54) is 5.56 Å². The van der Waals surface area contributed by atoms with Crippen LogP contribution in [0.5, 0.6) is 0 Å². The summed E-state index contributed by atoms with van der Waals surface area (Å²) in [7, 11) is -3.00. The molecule has 1 aliphatic rings. The van der Waals surface area contributed by atoms with E-state index in [1.807, 2.05) is 23.1 Å². The average molecular weight is 466 g/mol. The van der Waals surface area contributed by atoms with Crippen LogP contribution in [-0.2, 0) is 22.7 Å². The number of nitrogens with zero attached hydrogens (tertiary/aromatic N) is 4. The van der Waals surface area contributed by atoms with Gasteiger partial charge in [-0.15, -0.1) is 0 Å². The molecule has 1 aliphatic heterocycles. The highest BCUT2D eigenvalue weighted by Crippen LogP contribution is 2.25. The molecule has 1 saturated heterocycles. The maximum atomic E-state index is 13.2. The molecule has 0 amide bonds. The summed E-state index contributed by atoms with van der Waals surface area (Å²) < 4.78 is 23.6. The Morgan fingerprint density at radius 1 is 1.09 bits per heavy atom. The van der Waals surface area contributed by atoms with Gasteiger partial charge in [-0.05, 0) is 18.1 Å². The molecular formula is C24H27N5O3S. The predicted molar refractivity (Wildman–Crippen MR) is 129 cm³/mol. The molecule has 172 valence electrons. The number of carbonyl (C=O) groups excluding carboxylic acids is 1. The zero-order chi connectivity index (χ0) is 23.4. The van der Waals surface area contributed by atoms with E-state index in [4.69, 9.17) is 5.73 Å². The first-order valence-electron chi connectivity index (χ1n) is 11.0. The number of aryl methyl sites for hydroxylation is 1. The maximum absolute atomic E-state index is 13.2. The number of pyridine rings is 1. The van der Waals surface area contributed by atoms with Gasteiger partial charge in [0.2, 0.25) is 0 Å². The van der Waals surface area contributed by atoms with Crippen LogP contribution in [0, 0.1) is 0 Å². The maximum Gasteiger partial charge on any atom is 0.189 e. The molecule has 9 heteroatoms. The SMILES string of the molecule is CCCc1ccc(-c2cnc(N)c(C(=O)Cc3cnccc3N3CCS(=O)(=O)CC3)n2)cc1. The molecule has 4 rings (SSSR count). The van der Waals surface area contributed by atoms with Crippen LogP contribution < -0.4 is 10.6 Å². The number of aromatic nitrogens is 3. The summed E-state index contributed by atoms with van der Waals surface area (Å²) in [5.74, 6) is 0.0182. The number of rotatable bonds is 7. The number of sulfone groups is 1. The summed E-state index contributed by atoms with van der Waals surface area (Å²) in [4.78, 5) is 28.0. The largest absolute Gasteiger partial charge is 0.382 e. The molecule has 0 unspecified atom stereocenters. The van der Waals surface area contributed by atoms with Gasteiger partial charge in [-0.3, -0.25) is 9.78 Å². The van der Waals surface area contributed by atoms with Crippen molar-refractivity contribution in [3.63, 3.8) is 0 Å². The van der Waals surface area contributed by atoms with Crippen molar-refractivity contribution in [3.05, 3.63) is 65.7 Å². The highest BCUT2D eigenvalue weighted by atomic mass is 32.2. The quantitative estimate of drug-likeness (QED) is 0.529. The number of hydrogen-bond donors (Lipinski definition) is 1. The van der Waals surface area contributed by atoms with Crippen LogP contribution in [0.1, 0.15) is 35.0 Å². The minimum atomic E-state index is -3.00. The smallest absolute Gasteiger partial charge is 0.189 e. The van der Waals surface area contributed by atoms with E-state index in [0.717, 1.165) is 24.1 Å². The summed E-state index contributed by atoms with van der Waals surface area (Å²) in [5, 5.41) is 0. The zero-order valence-corrected chi connectivity index (χ0v) is 19.4. The standard InChI is InChI=1S/C24H27N5O3S/c1-2-3-17-4-6-18(7-5-17)20-16-27-24(25)23(28-20)22(30)14-19-15-26-9-8-21(19)29-10-12-33(31,32)13-11-29/h4-9,15-16H,2-3,10-14H2,1H3,(H2,25,27). The van der Waals surface area contributed by atoms with Crippen molar-refractivity contribution < 1.29 is 13.2 Å². The van der Waals surface area contributed by atoms with Crippen LogP contribution in [0.3, 0.4) is 0 Å². The fraction of sp³-hybridized carbons (Fsp3) is 0.333. The molecule has 0 radical (unpaired) electrons. The van der Waals surface area contributed by atoms with Crippen molar-refractivity contribution in [1.82, 2.24) is 15.0 Å². The monoisotopic (exact) mass is 465 g/mol. The Labute approximate surface area is 193 Å². The molecular weight excluding hydrogens is 438 g/mol. The third-order valence-electron chi connectivity index (χ3n) is 5.77. The van der Waals surface area contributed by atoms with Gasteiger partial charge in [-0.2, -0.15) is 0 Å². The van der Waals surface area contributed by atoms with E-state index in [0.29, 0.717) is 24.3 Å². The van der Waals surface area contributed by atoms with Crippen LogP contribution in [-0.4, -0.2) is 53.7 Å².